The number of benzene rings is 1. The second-order valence-electron chi connectivity index (χ2n) is 3.96. The van der Waals surface area contributed by atoms with Crippen LogP contribution in [-0.2, 0) is 16.0 Å². The normalized spacial score (nSPS) is 23.1. The fourth-order valence-corrected chi connectivity index (χ4v) is 2.26. The Balaban J connectivity index is 2.49. The van der Waals surface area contributed by atoms with Crippen molar-refractivity contribution < 1.29 is 14.3 Å². The van der Waals surface area contributed by atoms with Crippen LogP contribution in [0.25, 0.3) is 0 Å². The molecule has 1 aromatic carbocycles. The zero-order valence-electron chi connectivity index (χ0n) is 9.04. The summed E-state index contributed by atoms with van der Waals surface area (Å²) in [6, 6.07) is 5.48. The van der Waals surface area contributed by atoms with Crippen molar-refractivity contribution in [3.05, 3.63) is 34.9 Å². The summed E-state index contributed by atoms with van der Waals surface area (Å²) >= 11 is 6.07. The third-order valence-corrected chi connectivity index (χ3v) is 3.27. The molecule has 0 unspecified atom stereocenters. The Kier molecular flexibility index (Phi) is 2.50. The third-order valence-electron chi connectivity index (χ3n) is 2.81. The molecule has 2 rings (SSSR count). The number of fused-ring (bicyclic) bond motifs is 1. The number of aryl methyl sites for hydroxylation is 1. The lowest BCUT2D eigenvalue weighted by Gasteiger charge is -2.15. The van der Waals surface area contributed by atoms with Crippen molar-refractivity contribution in [1.29, 1.82) is 0 Å². The Bertz CT molecular complexity index is 481. The van der Waals surface area contributed by atoms with E-state index in [-0.39, 0.29) is 12.2 Å². The van der Waals surface area contributed by atoms with E-state index in [0.29, 0.717) is 5.56 Å². The van der Waals surface area contributed by atoms with E-state index in [1.807, 2.05) is 19.1 Å². The molecule has 0 saturated heterocycles. The van der Waals surface area contributed by atoms with Crippen LogP contribution in [0.5, 0.6) is 0 Å². The van der Waals surface area contributed by atoms with Gasteiger partial charge in [0.25, 0.3) is 0 Å². The first-order valence-electron chi connectivity index (χ1n) is 4.90. The highest BCUT2D eigenvalue weighted by atomic mass is 35.5. The van der Waals surface area contributed by atoms with Crippen LogP contribution in [0.2, 0.25) is 0 Å². The molecule has 0 heterocycles. The molecule has 0 N–H and O–H groups in total. The topological polar surface area (TPSA) is 43.4 Å². The van der Waals surface area contributed by atoms with Gasteiger partial charge < -0.3 is 4.74 Å². The second-order valence-corrected chi connectivity index (χ2v) is 4.60. The second kappa shape index (κ2) is 3.59. The molecule has 1 aromatic rings. The van der Waals surface area contributed by atoms with Crippen molar-refractivity contribution in [2.75, 3.05) is 7.11 Å². The number of alkyl halides is 1. The van der Waals surface area contributed by atoms with E-state index in [9.17, 15) is 9.59 Å². The van der Waals surface area contributed by atoms with Crippen LogP contribution in [0.1, 0.15) is 21.5 Å². The van der Waals surface area contributed by atoms with Crippen LogP contribution >= 0.6 is 11.6 Å². The zero-order valence-corrected chi connectivity index (χ0v) is 9.80. The van der Waals surface area contributed by atoms with Gasteiger partial charge in [0.1, 0.15) is 0 Å². The minimum atomic E-state index is -1.56. The summed E-state index contributed by atoms with van der Waals surface area (Å²) in [5.74, 6) is -1.05. The molecular weight excluding hydrogens is 228 g/mol. The molecule has 3 nitrogen and oxygen atoms in total. The number of ketones is 1. The van der Waals surface area contributed by atoms with Gasteiger partial charge in [-0.05, 0) is 18.6 Å². The van der Waals surface area contributed by atoms with Crippen molar-refractivity contribution in [3.63, 3.8) is 0 Å². The predicted octanol–water partition coefficient (Wildman–Crippen LogP) is 1.88. The first kappa shape index (κ1) is 11.1. The predicted molar refractivity (Wildman–Crippen MR) is 59.8 cm³/mol. The average Bonchev–Trinajstić information content (AvgIpc) is 2.52. The Hall–Kier alpha value is -1.35. The molecule has 1 aliphatic rings. The summed E-state index contributed by atoms with van der Waals surface area (Å²) in [6.07, 6.45) is 0.204. The number of ether oxygens (including phenoxy) is 1. The van der Waals surface area contributed by atoms with E-state index in [1.54, 1.807) is 6.07 Å². The summed E-state index contributed by atoms with van der Waals surface area (Å²) in [5.41, 5.74) is 2.30. The lowest BCUT2D eigenvalue weighted by atomic mass is 10.0. The molecule has 0 spiro atoms. The van der Waals surface area contributed by atoms with E-state index in [1.165, 1.54) is 7.11 Å². The third kappa shape index (κ3) is 1.43. The van der Waals surface area contributed by atoms with Crippen molar-refractivity contribution in [3.8, 4) is 0 Å². The SMILES string of the molecule is COC(=O)[C@@]1(Cl)Cc2ccc(C)cc2C1=O. The van der Waals surface area contributed by atoms with E-state index >= 15 is 0 Å². The lowest BCUT2D eigenvalue weighted by Crippen LogP contribution is -2.39. The van der Waals surface area contributed by atoms with Crippen molar-refractivity contribution in [1.82, 2.24) is 0 Å². The number of Topliss-reactive ketones (excluding diaryl/α,β-unsaturated/α-hetero) is 1. The maximum Gasteiger partial charge on any atom is 0.335 e. The number of methoxy groups -OCH3 is 1. The summed E-state index contributed by atoms with van der Waals surface area (Å²) in [5, 5.41) is 0. The van der Waals surface area contributed by atoms with Gasteiger partial charge in [-0.15, -0.1) is 0 Å². The number of hydrogen-bond acceptors (Lipinski definition) is 3. The molecule has 0 bridgehead atoms. The maximum absolute atomic E-state index is 12.0. The smallest absolute Gasteiger partial charge is 0.335 e. The summed E-state index contributed by atoms with van der Waals surface area (Å²) in [7, 11) is 1.23. The molecule has 0 aromatic heterocycles. The highest BCUT2D eigenvalue weighted by Crippen LogP contribution is 2.36. The standard InChI is InChI=1S/C12H11ClO3/c1-7-3-4-8-6-12(13,11(15)16-2)10(14)9(8)5-7/h3-5H,6H2,1-2H3/t12-/m1/s1. The molecule has 4 heteroatoms. The number of hydrogen-bond donors (Lipinski definition) is 0. The van der Waals surface area contributed by atoms with E-state index in [0.717, 1.165) is 11.1 Å². The molecule has 84 valence electrons. The molecule has 1 aliphatic carbocycles. The fraction of sp³-hybridized carbons (Fsp3) is 0.333. The number of carbonyl (C=O) groups is 2. The van der Waals surface area contributed by atoms with Crippen LogP contribution in [0, 0.1) is 6.92 Å². The summed E-state index contributed by atoms with van der Waals surface area (Å²) in [4.78, 5) is 22.0. The van der Waals surface area contributed by atoms with Crippen LogP contribution in [0.15, 0.2) is 18.2 Å². The Morgan fingerprint density at radius 1 is 1.50 bits per heavy atom. The van der Waals surface area contributed by atoms with Gasteiger partial charge in [-0.3, -0.25) is 4.79 Å². The molecule has 0 amide bonds. The van der Waals surface area contributed by atoms with E-state index in [4.69, 9.17) is 11.6 Å². The molecule has 16 heavy (non-hydrogen) atoms. The van der Waals surface area contributed by atoms with Gasteiger partial charge in [0.15, 0.2) is 5.78 Å². The minimum absolute atomic E-state index is 0.204. The number of rotatable bonds is 1. The molecule has 0 fully saturated rings. The van der Waals surface area contributed by atoms with Gasteiger partial charge in [0.05, 0.1) is 7.11 Å². The van der Waals surface area contributed by atoms with Gasteiger partial charge >= 0.3 is 5.97 Å². The molecule has 0 aliphatic heterocycles. The largest absolute Gasteiger partial charge is 0.467 e. The first-order chi connectivity index (χ1) is 7.49. The van der Waals surface area contributed by atoms with Crippen LogP contribution in [-0.4, -0.2) is 23.7 Å². The number of esters is 1. The van der Waals surface area contributed by atoms with Crippen LogP contribution < -0.4 is 0 Å². The van der Waals surface area contributed by atoms with Gasteiger partial charge in [-0.1, -0.05) is 29.3 Å². The van der Waals surface area contributed by atoms with Gasteiger partial charge in [-0.2, -0.15) is 0 Å². The fourth-order valence-electron chi connectivity index (χ4n) is 1.94. The summed E-state index contributed by atoms with van der Waals surface area (Å²) < 4.78 is 4.58. The van der Waals surface area contributed by atoms with Gasteiger partial charge in [0.2, 0.25) is 4.87 Å². The average molecular weight is 239 g/mol. The molecule has 0 radical (unpaired) electrons. The summed E-state index contributed by atoms with van der Waals surface area (Å²) in [6.45, 7) is 1.89. The number of carbonyl (C=O) groups excluding carboxylic acids is 2. The highest BCUT2D eigenvalue weighted by Gasteiger charge is 2.51. The monoisotopic (exact) mass is 238 g/mol. The minimum Gasteiger partial charge on any atom is -0.467 e. The van der Waals surface area contributed by atoms with E-state index in [2.05, 4.69) is 4.74 Å². The van der Waals surface area contributed by atoms with Crippen LogP contribution in [0.3, 0.4) is 0 Å². The molecule has 0 saturated carbocycles. The Morgan fingerprint density at radius 3 is 2.81 bits per heavy atom. The first-order valence-corrected chi connectivity index (χ1v) is 5.28. The lowest BCUT2D eigenvalue weighted by molar-refractivity contribution is -0.142. The van der Waals surface area contributed by atoms with Crippen molar-refractivity contribution >= 4 is 23.4 Å². The maximum atomic E-state index is 12.0. The molecule has 1 atom stereocenters. The molecular formula is C12H11ClO3. The van der Waals surface area contributed by atoms with Crippen LogP contribution in [0.4, 0.5) is 0 Å². The van der Waals surface area contributed by atoms with E-state index < -0.39 is 10.8 Å². The van der Waals surface area contributed by atoms with Gasteiger partial charge in [0, 0.05) is 12.0 Å². The highest BCUT2D eigenvalue weighted by molar-refractivity contribution is 6.49. The van der Waals surface area contributed by atoms with Gasteiger partial charge in [-0.25, -0.2) is 4.79 Å². The van der Waals surface area contributed by atoms with Crippen molar-refractivity contribution in [2.24, 2.45) is 0 Å². The Morgan fingerprint density at radius 2 is 2.19 bits per heavy atom. The zero-order chi connectivity index (χ0) is 11.9. The van der Waals surface area contributed by atoms with Crippen molar-refractivity contribution in [2.45, 2.75) is 18.2 Å². The quantitative estimate of drug-likeness (QED) is 0.426. The Labute approximate surface area is 98.4 Å². The number of halogens is 1.